The second-order valence-corrected chi connectivity index (χ2v) is 7.36. The van der Waals surface area contributed by atoms with E-state index in [1.807, 2.05) is 13.8 Å². The number of benzene rings is 2. The Morgan fingerprint density at radius 1 is 1.23 bits per heavy atom. The molecule has 0 heterocycles. The maximum absolute atomic E-state index is 13.4. The van der Waals surface area contributed by atoms with Crippen LogP contribution in [0.3, 0.4) is 0 Å². The minimum absolute atomic E-state index is 0. The maximum atomic E-state index is 13.4. The van der Waals surface area contributed by atoms with Crippen LogP contribution in [0.15, 0.2) is 36.4 Å². The molecule has 3 N–H and O–H groups in total. The first-order valence-electron chi connectivity index (χ1n) is 9.58. The van der Waals surface area contributed by atoms with Crippen molar-refractivity contribution in [3.05, 3.63) is 53.4 Å². The third-order valence-corrected chi connectivity index (χ3v) is 4.71. The number of aliphatic carboxylic acids is 1. The van der Waals surface area contributed by atoms with Crippen molar-refractivity contribution < 1.29 is 63.9 Å². The van der Waals surface area contributed by atoms with Crippen molar-refractivity contribution in [3.63, 3.8) is 0 Å². The summed E-state index contributed by atoms with van der Waals surface area (Å²) in [5.74, 6) is -1.65. The van der Waals surface area contributed by atoms with Crippen molar-refractivity contribution in [2.45, 2.75) is 44.8 Å². The van der Waals surface area contributed by atoms with Crippen molar-refractivity contribution in [2.75, 3.05) is 7.11 Å². The molecule has 0 saturated carbocycles. The van der Waals surface area contributed by atoms with E-state index in [-0.39, 0.29) is 53.4 Å². The van der Waals surface area contributed by atoms with Gasteiger partial charge in [-0.2, -0.15) is 0 Å². The molecule has 2 unspecified atom stereocenters. The molecule has 8 heteroatoms. The molecular weight excluding hydrogens is 414 g/mol. The number of aromatic hydroxyl groups is 1. The Bertz CT molecular complexity index is 911. The number of carbonyl (C=O) groups excluding carboxylic acids is 1. The molecule has 0 spiro atoms. The Hall–Kier alpha value is -1.90. The van der Waals surface area contributed by atoms with Crippen LogP contribution in [0.5, 0.6) is 11.5 Å². The monoisotopic (exact) mass is 440 g/mol. The number of hydrogen-bond donors (Lipinski definition) is 3. The smallest absolute Gasteiger partial charge is 0.550 e. The van der Waals surface area contributed by atoms with E-state index in [9.17, 15) is 29.6 Å². The minimum atomic E-state index is -1.40. The van der Waals surface area contributed by atoms with Crippen LogP contribution in [-0.2, 0) is 4.79 Å². The number of phenolic OH excluding ortho intramolecular Hbond substituents is 1. The first-order valence-corrected chi connectivity index (χ1v) is 9.58. The number of halogens is 1. The maximum Gasteiger partial charge on any atom is 1.00 e. The number of aliphatic hydroxyl groups excluding tert-OH is 2. The number of methoxy groups -OCH3 is 1. The van der Waals surface area contributed by atoms with Crippen LogP contribution >= 0.6 is 0 Å². The molecule has 2 atom stereocenters. The van der Waals surface area contributed by atoms with Gasteiger partial charge in [-0.15, -0.1) is 0 Å². The molecule has 0 fully saturated rings. The molecule has 0 aliphatic rings. The molecule has 0 aliphatic carbocycles. The molecule has 0 saturated heterocycles. The molecule has 0 amide bonds. The van der Waals surface area contributed by atoms with Gasteiger partial charge in [0.25, 0.3) is 0 Å². The Morgan fingerprint density at radius 3 is 2.35 bits per heavy atom. The summed E-state index contributed by atoms with van der Waals surface area (Å²) < 4.78 is 18.7. The molecule has 0 radical (unpaired) electrons. The second-order valence-electron chi connectivity index (χ2n) is 7.36. The third kappa shape index (κ3) is 7.33. The quantitative estimate of drug-likeness (QED) is 0.458. The number of carbonyl (C=O) groups is 1. The number of carboxylic acids is 1. The number of aliphatic hydroxyl groups is 2. The van der Waals surface area contributed by atoms with E-state index >= 15 is 0 Å². The Morgan fingerprint density at radius 2 is 1.84 bits per heavy atom. The zero-order valence-electron chi connectivity index (χ0n) is 18.1. The molecule has 2 rings (SSSR count). The van der Waals surface area contributed by atoms with E-state index in [1.54, 1.807) is 12.1 Å². The van der Waals surface area contributed by atoms with Crippen molar-refractivity contribution in [1.29, 1.82) is 0 Å². The Labute approximate surface area is 203 Å². The molecule has 2 aromatic carbocycles. The summed E-state index contributed by atoms with van der Waals surface area (Å²) in [5, 5.41) is 41.2. The number of rotatable bonds is 9. The van der Waals surface area contributed by atoms with E-state index in [4.69, 9.17) is 4.74 Å². The van der Waals surface area contributed by atoms with E-state index in [2.05, 4.69) is 0 Å². The molecule has 2 aromatic rings. The SMILES string of the molecule is COc1cc(C(C)C)c(/C=C/C(O)CC(O)CC(=O)[O-])c(-c2ccc(F)cc2)c1O.[Na+]. The van der Waals surface area contributed by atoms with Crippen LogP contribution in [0.25, 0.3) is 17.2 Å². The van der Waals surface area contributed by atoms with Crippen molar-refractivity contribution in [2.24, 2.45) is 0 Å². The van der Waals surface area contributed by atoms with Crippen LogP contribution in [0.1, 0.15) is 43.7 Å². The molecule has 31 heavy (non-hydrogen) atoms. The van der Waals surface area contributed by atoms with Gasteiger partial charge in [-0.3, -0.25) is 0 Å². The topological polar surface area (TPSA) is 110 Å². The molecule has 0 aromatic heterocycles. The van der Waals surface area contributed by atoms with Gasteiger partial charge in [-0.1, -0.05) is 38.1 Å². The summed E-state index contributed by atoms with van der Waals surface area (Å²) in [7, 11) is 1.44. The van der Waals surface area contributed by atoms with Gasteiger partial charge in [-0.25, -0.2) is 4.39 Å². The first kappa shape index (κ1) is 27.1. The summed E-state index contributed by atoms with van der Waals surface area (Å²) >= 11 is 0. The predicted molar refractivity (Wildman–Crippen MR) is 109 cm³/mol. The van der Waals surface area contributed by atoms with E-state index in [0.717, 1.165) is 5.56 Å². The van der Waals surface area contributed by atoms with Gasteiger partial charge in [0, 0.05) is 24.4 Å². The second kappa shape index (κ2) is 12.2. The normalized spacial score (nSPS) is 13.1. The fourth-order valence-corrected chi connectivity index (χ4v) is 3.24. The summed E-state index contributed by atoms with van der Waals surface area (Å²) in [5.41, 5.74) is 2.39. The number of carboxylic acid groups (broad SMARTS) is 1. The van der Waals surface area contributed by atoms with Crippen molar-refractivity contribution in [3.8, 4) is 22.6 Å². The van der Waals surface area contributed by atoms with E-state index in [1.165, 1.54) is 37.5 Å². The van der Waals surface area contributed by atoms with Gasteiger partial charge in [0.1, 0.15) is 5.82 Å². The Balaban J connectivity index is 0.00000480. The molecule has 0 bridgehead atoms. The standard InChI is InChI=1S/C23H27FO6.Na/c1-13(2)19-12-20(30-3)23(29)22(14-4-6-15(24)7-5-14)18(19)9-8-16(25)10-17(26)11-21(27)28;/h4-9,12-13,16-17,25-26,29H,10-11H2,1-3H3,(H,27,28);/q;+1/p-1/b9-8+;. The molecule has 0 aliphatic heterocycles. The largest absolute Gasteiger partial charge is 1.00 e. The van der Waals surface area contributed by atoms with Crippen molar-refractivity contribution in [1.82, 2.24) is 0 Å². The van der Waals surface area contributed by atoms with Gasteiger partial charge < -0.3 is 30.0 Å². The van der Waals surface area contributed by atoms with Gasteiger partial charge >= 0.3 is 29.6 Å². The minimum Gasteiger partial charge on any atom is -0.550 e. The summed E-state index contributed by atoms with van der Waals surface area (Å²) in [6, 6.07) is 7.32. The number of hydrogen-bond acceptors (Lipinski definition) is 6. The Kier molecular flexibility index (Phi) is 10.7. The summed E-state index contributed by atoms with van der Waals surface area (Å²) in [6.45, 7) is 3.91. The summed E-state index contributed by atoms with van der Waals surface area (Å²) in [6.07, 6.45) is -0.117. The molecule has 162 valence electrons. The van der Waals surface area contributed by atoms with E-state index in [0.29, 0.717) is 16.7 Å². The fraction of sp³-hybridized carbons (Fsp3) is 0.348. The first-order chi connectivity index (χ1) is 14.1. The number of phenols is 1. The third-order valence-electron chi connectivity index (χ3n) is 4.71. The average molecular weight is 440 g/mol. The van der Waals surface area contributed by atoms with Crippen molar-refractivity contribution >= 4 is 12.0 Å². The molecule has 6 nitrogen and oxygen atoms in total. The molecular formula is C23H26FNaO6. The zero-order chi connectivity index (χ0) is 22.4. The van der Waals surface area contributed by atoms with Gasteiger partial charge in [0.15, 0.2) is 11.5 Å². The van der Waals surface area contributed by atoms with Crippen LogP contribution in [0, 0.1) is 5.82 Å². The fourth-order valence-electron chi connectivity index (χ4n) is 3.24. The van der Waals surface area contributed by atoms with Gasteiger partial charge in [0.05, 0.1) is 19.3 Å². The van der Waals surface area contributed by atoms with E-state index < -0.39 is 30.4 Å². The van der Waals surface area contributed by atoms with Gasteiger partial charge in [0.2, 0.25) is 0 Å². The van der Waals surface area contributed by atoms with Crippen LogP contribution in [0.2, 0.25) is 0 Å². The average Bonchev–Trinajstić information content (AvgIpc) is 2.66. The summed E-state index contributed by atoms with van der Waals surface area (Å²) in [4.78, 5) is 10.6. The van der Waals surface area contributed by atoms with Crippen LogP contribution < -0.4 is 39.4 Å². The van der Waals surface area contributed by atoms with Crippen LogP contribution in [-0.4, -0.2) is 40.6 Å². The predicted octanol–water partition coefficient (Wildman–Crippen LogP) is -0.401. The van der Waals surface area contributed by atoms with Crippen LogP contribution in [0.4, 0.5) is 4.39 Å². The van der Waals surface area contributed by atoms with Gasteiger partial charge in [-0.05, 0) is 40.8 Å². The zero-order valence-corrected chi connectivity index (χ0v) is 20.1. The number of ether oxygens (including phenoxy) is 1.